The number of Topliss-reactive ketones (excluding diaryl/α,β-unsaturated/α-hetero) is 1. The molecule has 0 aliphatic carbocycles. The van der Waals surface area contributed by atoms with Gasteiger partial charge in [0.25, 0.3) is 0 Å². The van der Waals surface area contributed by atoms with E-state index in [4.69, 9.17) is 0 Å². The molecular formula is C37H56O2. The van der Waals surface area contributed by atoms with Crippen LogP contribution in [0.15, 0.2) is 36.1 Å². The third-order valence-electron chi connectivity index (χ3n) is 8.57. The Balaban J connectivity index is 2.77. The predicted octanol–water partition coefficient (Wildman–Crippen LogP) is 11.6. The number of hydrogen-bond acceptors (Lipinski definition) is 2. The van der Waals surface area contributed by atoms with Crippen molar-refractivity contribution in [3.8, 4) is 0 Å². The molecule has 0 radical (unpaired) electrons. The van der Waals surface area contributed by atoms with Gasteiger partial charge in [-0.2, -0.15) is 0 Å². The molecule has 0 saturated heterocycles. The fourth-order valence-electron chi connectivity index (χ4n) is 6.25. The molecule has 4 atom stereocenters. The summed E-state index contributed by atoms with van der Waals surface area (Å²) in [5, 5.41) is 11.4. The summed E-state index contributed by atoms with van der Waals surface area (Å²) in [6, 6.07) is 11.0. The molecule has 0 fully saturated rings. The van der Waals surface area contributed by atoms with Gasteiger partial charge in [-0.1, -0.05) is 112 Å². The van der Waals surface area contributed by atoms with Crippen molar-refractivity contribution in [3.63, 3.8) is 0 Å². The van der Waals surface area contributed by atoms with Crippen molar-refractivity contribution in [1.29, 1.82) is 0 Å². The van der Waals surface area contributed by atoms with Crippen LogP contribution >= 0.6 is 0 Å². The van der Waals surface area contributed by atoms with Gasteiger partial charge in [-0.15, -0.1) is 0 Å². The average Bonchev–Trinajstić information content (AvgIpc) is 2.92. The van der Waals surface area contributed by atoms with E-state index in [0.717, 1.165) is 68.9 Å². The summed E-state index contributed by atoms with van der Waals surface area (Å²) in [6.07, 6.45) is 11.3. The van der Waals surface area contributed by atoms with Crippen LogP contribution in [0.1, 0.15) is 181 Å². The van der Waals surface area contributed by atoms with Crippen LogP contribution in [0.5, 0.6) is 0 Å². The van der Waals surface area contributed by atoms with Crippen molar-refractivity contribution in [2.75, 3.05) is 0 Å². The number of allylic oxidation sites excluding steroid dienone is 1. The zero-order valence-corrected chi connectivity index (χ0v) is 26.5. The number of carbonyl (C=O) groups excluding carboxylic acids is 1. The second kappa shape index (κ2) is 16.0. The number of hydrogen-bond donors (Lipinski definition) is 1. The minimum Gasteiger partial charge on any atom is -0.504 e. The maximum Gasteiger partial charge on any atom is 0.227 e. The number of aryl methyl sites for hydroxylation is 1. The minimum atomic E-state index is -0.237. The van der Waals surface area contributed by atoms with E-state index in [2.05, 4.69) is 92.6 Å². The summed E-state index contributed by atoms with van der Waals surface area (Å²) in [7, 11) is 0. The van der Waals surface area contributed by atoms with Crippen LogP contribution in [0.25, 0.3) is 6.08 Å². The van der Waals surface area contributed by atoms with Crippen LogP contribution < -0.4 is 0 Å². The Morgan fingerprint density at radius 1 is 0.718 bits per heavy atom. The van der Waals surface area contributed by atoms with Gasteiger partial charge in [0, 0.05) is 5.56 Å². The fraction of sp³-hybridized carbons (Fsp3) is 0.595. The summed E-state index contributed by atoms with van der Waals surface area (Å²) in [5.41, 5.74) is 7.78. The predicted molar refractivity (Wildman–Crippen MR) is 170 cm³/mol. The SMILES string of the molecule is CCCC(C)c1cc(C(=O)C(O)=Cc2cc(CC)ccc2C(C)CCC)c(C(C)CCC)c(C(C)CCC)c1. The molecule has 2 heteroatoms. The quantitative estimate of drug-likeness (QED) is 0.133. The van der Waals surface area contributed by atoms with E-state index in [1.54, 1.807) is 6.08 Å². The first-order valence-corrected chi connectivity index (χ1v) is 15.9. The Kier molecular flexibility index (Phi) is 13.5. The number of aliphatic hydroxyl groups excluding tert-OH is 1. The molecule has 0 amide bonds. The van der Waals surface area contributed by atoms with Crippen molar-refractivity contribution >= 4 is 11.9 Å². The van der Waals surface area contributed by atoms with Crippen molar-refractivity contribution in [2.45, 2.75) is 144 Å². The maximum absolute atomic E-state index is 14.2. The Morgan fingerprint density at radius 3 is 1.82 bits per heavy atom. The molecule has 2 rings (SSSR count). The van der Waals surface area contributed by atoms with Crippen molar-refractivity contribution in [1.82, 2.24) is 0 Å². The second-order valence-electron chi connectivity index (χ2n) is 12.0. The summed E-state index contributed by atoms with van der Waals surface area (Å²) < 4.78 is 0. The number of carbonyl (C=O) groups is 1. The topological polar surface area (TPSA) is 37.3 Å². The van der Waals surface area contributed by atoms with Crippen LogP contribution in [0.3, 0.4) is 0 Å². The second-order valence-corrected chi connectivity index (χ2v) is 12.0. The lowest BCUT2D eigenvalue weighted by atomic mass is 9.78. The lowest BCUT2D eigenvalue weighted by molar-refractivity contribution is 0.0978. The molecule has 0 aliphatic heterocycles. The number of aliphatic hydroxyl groups is 1. The first-order valence-electron chi connectivity index (χ1n) is 15.9. The molecule has 2 nitrogen and oxygen atoms in total. The monoisotopic (exact) mass is 532 g/mol. The molecule has 0 spiro atoms. The van der Waals surface area contributed by atoms with Gasteiger partial charge in [-0.05, 0) is 101 Å². The standard InChI is InChI=1S/C37H56O2/c1-10-15-25(6)30-22-33(27(8)17-12-3)36(28(9)18-13-4)34(23-30)37(39)35(38)24-31-21-29(14-5)19-20-32(31)26(7)16-11-2/h19-28,38H,10-18H2,1-9H3. The summed E-state index contributed by atoms with van der Waals surface area (Å²) >= 11 is 0. The van der Waals surface area contributed by atoms with Gasteiger partial charge in [0.15, 0.2) is 5.76 Å². The molecule has 0 aliphatic rings. The molecule has 1 N–H and O–H groups in total. The highest BCUT2D eigenvalue weighted by molar-refractivity contribution is 6.11. The average molecular weight is 533 g/mol. The maximum atomic E-state index is 14.2. The first kappa shape index (κ1) is 32.9. The van der Waals surface area contributed by atoms with Crippen molar-refractivity contribution in [2.24, 2.45) is 0 Å². The van der Waals surface area contributed by atoms with Gasteiger partial charge in [-0.3, -0.25) is 4.79 Å². The molecule has 4 unspecified atom stereocenters. The van der Waals surface area contributed by atoms with Crippen LogP contribution in [0, 0.1) is 0 Å². The largest absolute Gasteiger partial charge is 0.504 e. The Morgan fingerprint density at radius 2 is 1.26 bits per heavy atom. The van der Waals surface area contributed by atoms with Gasteiger partial charge >= 0.3 is 0 Å². The van der Waals surface area contributed by atoms with Gasteiger partial charge in [0.1, 0.15) is 0 Å². The number of rotatable bonds is 16. The Bertz CT molecular complexity index is 1090. The normalized spacial score (nSPS) is 15.2. The van der Waals surface area contributed by atoms with Gasteiger partial charge < -0.3 is 5.11 Å². The molecule has 2 aromatic carbocycles. The van der Waals surface area contributed by atoms with E-state index in [1.165, 1.54) is 22.3 Å². The lowest BCUT2D eigenvalue weighted by Gasteiger charge is -2.26. The van der Waals surface area contributed by atoms with Gasteiger partial charge in [-0.25, -0.2) is 0 Å². The summed E-state index contributed by atoms with van der Waals surface area (Å²) in [5.74, 6) is 0.994. The van der Waals surface area contributed by atoms with Crippen LogP contribution in [0.4, 0.5) is 0 Å². The molecule has 0 saturated carbocycles. The third-order valence-corrected chi connectivity index (χ3v) is 8.57. The molecule has 0 heterocycles. The highest BCUT2D eigenvalue weighted by atomic mass is 16.3. The number of benzene rings is 2. The third kappa shape index (κ3) is 8.57. The van der Waals surface area contributed by atoms with E-state index in [9.17, 15) is 9.90 Å². The van der Waals surface area contributed by atoms with Gasteiger partial charge in [0.05, 0.1) is 0 Å². The smallest absolute Gasteiger partial charge is 0.227 e. The Hall–Kier alpha value is -2.35. The van der Waals surface area contributed by atoms with Gasteiger partial charge in [0.2, 0.25) is 5.78 Å². The highest BCUT2D eigenvalue weighted by Crippen LogP contribution is 2.38. The van der Waals surface area contributed by atoms with E-state index in [0.29, 0.717) is 23.3 Å². The fourth-order valence-corrected chi connectivity index (χ4v) is 6.25. The lowest BCUT2D eigenvalue weighted by Crippen LogP contribution is -2.15. The highest BCUT2D eigenvalue weighted by Gasteiger charge is 2.26. The van der Waals surface area contributed by atoms with E-state index in [1.807, 2.05) is 0 Å². The van der Waals surface area contributed by atoms with Crippen molar-refractivity contribution < 1.29 is 9.90 Å². The van der Waals surface area contributed by atoms with Crippen molar-refractivity contribution in [3.05, 3.63) is 75.0 Å². The summed E-state index contributed by atoms with van der Waals surface area (Å²) in [4.78, 5) is 14.2. The van der Waals surface area contributed by atoms with E-state index in [-0.39, 0.29) is 17.5 Å². The minimum absolute atomic E-state index is 0.146. The zero-order valence-electron chi connectivity index (χ0n) is 26.5. The molecule has 0 aromatic heterocycles. The molecule has 39 heavy (non-hydrogen) atoms. The van der Waals surface area contributed by atoms with Crippen LogP contribution in [-0.4, -0.2) is 10.9 Å². The molecule has 0 bridgehead atoms. The number of ketones is 1. The first-order chi connectivity index (χ1) is 18.6. The Labute approximate surface area is 240 Å². The van der Waals surface area contributed by atoms with E-state index >= 15 is 0 Å². The molecular weight excluding hydrogens is 476 g/mol. The summed E-state index contributed by atoms with van der Waals surface area (Å²) in [6.45, 7) is 20.1. The molecule has 216 valence electrons. The molecule has 2 aromatic rings. The van der Waals surface area contributed by atoms with Crippen LogP contribution in [0.2, 0.25) is 0 Å². The van der Waals surface area contributed by atoms with E-state index < -0.39 is 0 Å². The zero-order chi connectivity index (χ0) is 29.1. The van der Waals surface area contributed by atoms with Crippen LogP contribution in [-0.2, 0) is 6.42 Å².